The number of aliphatic hydroxyl groups is 1. The second kappa shape index (κ2) is 5.44. The molecule has 3 saturated carbocycles. The monoisotopic (exact) mass is 344 g/mol. The van der Waals surface area contributed by atoms with Crippen LogP contribution in [0.1, 0.15) is 79.6 Å². The van der Waals surface area contributed by atoms with Gasteiger partial charge in [0.2, 0.25) is 0 Å². The van der Waals surface area contributed by atoms with Crippen molar-refractivity contribution in [3.8, 4) is 0 Å². The number of Topliss-reactive ketones (excluding diaryl/α,β-unsaturated/α-hetero) is 1. The van der Waals surface area contributed by atoms with Gasteiger partial charge < -0.3 is 5.11 Å². The molecule has 140 valence electrons. The van der Waals surface area contributed by atoms with Gasteiger partial charge in [0, 0.05) is 11.3 Å². The molecule has 4 rings (SSSR count). The van der Waals surface area contributed by atoms with E-state index in [1.165, 1.54) is 12.0 Å². The molecule has 0 aromatic rings. The smallest absolute Gasteiger partial charge is 0.142 e. The summed E-state index contributed by atoms with van der Waals surface area (Å²) in [5, 5.41) is 10.1. The van der Waals surface area contributed by atoms with Crippen LogP contribution < -0.4 is 0 Å². The van der Waals surface area contributed by atoms with Crippen LogP contribution in [0.2, 0.25) is 0 Å². The molecule has 0 aromatic heterocycles. The third-order valence-electron chi connectivity index (χ3n) is 8.88. The fourth-order valence-electron chi connectivity index (χ4n) is 7.21. The molecule has 25 heavy (non-hydrogen) atoms. The first-order valence-electron chi connectivity index (χ1n) is 10.5. The van der Waals surface area contributed by atoms with Crippen LogP contribution in [0, 0.1) is 39.9 Å². The van der Waals surface area contributed by atoms with Gasteiger partial charge in [0.05, 0.1) is 6.10 Å². The molecule has 0 aliphatic heterocycles. The van der Waals surface area contributed by atoms with Crippen LogP contribution in [-0.2, 0) is 4.79 Å². The summed E-state index contributed by atoms with van der Waals surface area (Å²) in [5.41, 5.74) is 1.79. The third kappa shape index (κ3) is 2.42. The number of rotatable bonds is 0. The summed E-state index contributed by atoms with van der Waals surface area (Å²) in [7, 11) is 0. The van der Waals surface area contributed by atoms with Crippen LogP contribution in [-0.4, -0.2) is 17.0 Å². The molecular weight excluding hydrogens is 308 g/mol. The zero-order valence-electron chi connectivity index (χ0n) is 16.8. The van der Waals surface area contributed by atoms with Gasteiger partial charge >= 0.3 is 0 Å². The largest absolute Gasteiger partial charge is 0.393 e. The fourth-order valence-corrected chi connectivity index (χ4v) is 7.21. The molecule has 3 fully saturated rings. The Morgan fingerprint density at radius 3 is 2.44 bits per heavy atom. The lowest BCUT2D eigenvalue weighted by Gasteiger charge is -2.56. The van der Waals surface area contributed by atoms with Crippen molar-refractivity contribution in [2.45, 2.75) is 85.7 Å². The maximum absolute atomic E-state index is 13.3. The molecule has 0 bridgehead atoms. The quantitative estimate of drug-likeness (QED) is 0.617. The van der Waals surface area contributed by atoms with Crippen LogP contribution >= 0.6 is 0 Å². The highest BCUT2D eigenvalue weighted by atomic mass is 16.3. The third-order valence-corrected chi connectivity index (χ3v) is 8.88. The number of hydrogen-bond donors (Lipinski definition) is 1. The Bertz CT molecular complexity index is 612. The van der Waals surface area contributed by atoms with E-state index in [2.05, 4.69) is 40.7 Å². The summed E-state index contributed by atoms with van der Waals surface area (Å²) in [4.78, 5) is 13.3. The number of carbonyl (C=O) groups is 1. The maximum Gasteiger partial charge on any atom is 0.142 e. The average molecular weight is 345 g/mol. The van der Waals surface area contributed by atoms with Gasteiger partial charge in [-0.15, -0.1) is 0 Å². The van der Waals surface area contributed by atoms with E-state index in [-0.39, 0.29) is 28.3 Å². The van der Waals surface area contributed by atoms with Gasteiger partial charge in [0.1, 0.15) is 5.78 Å². The Morgan fingerprint density at radius 1 is 1.08 bits per heavy atom. The highest BCUT2D eigenvalue weighted by Crippen LogP contribution is 2.65. The number of ketones is 1. The van der Waals surface area contributed by atoms with Crippen molar-refractivity contribution in [2.75, 3.05) is 0 Å². The lowest BCUT2D eigenvalue weighted by Crippen LogP contribution is -2.50. The second-order valence-corrected chi connectivity index (χ2v) is 11.1. The summed E-state index contributed by atoms with van der Waals surface area (Å²) in [6.45, 7) is 11.5. The molecule has 0 aromatic carbocycles. The van der Waals surface area contributed by atoms with Crippen LogP contribution in [0.3, 0.4) is 0 Å². The fraction of sp³-hybridized carbons (Fsp3) is 0.870. The van der Waals surface area contributed by atoms with Crippen molar-refractivity contribution in [3.63, 3.8) is 0 Å². The van der Waals surface area contributed by atoms with E-state index in [0.717, 1.165) is 38.5 Å². The maximum atomic E-state index is 13.3. The van der Waals surface area contributed by atoms with Crippen LogP contribution in [0.5, 0.6) is 0 Å². The summed E-state index contributed by atoms with van der Waals surface area (Å²) >= 11 is 0. The van der Waals surface area contributed by atoms with Gasteiger partial charge in [0.15, 0.2) is 0 Å². The normalized spacial score (nSPS) is 49.9. The number of aliphatic hydroxyl groups excluding tert-OH is 1. The standard InChI is InChI=1S/C23H36O2/c1-21(2,3)19-13-18-16-7-6-14-12-15(24)8-10-22(14,4)17(16)9-11-23(18,5)20(19)25/h6,15-19,24H,7-13H2,1-5H3. The number of fused-ring (bicyclic) bond motifs is 5. The van der Waals surface area contributed by atoms with Crippen LogP contribution in [0.15, 0.2) is 11.6 Å². The zero-order chi connectivity index (χ0) is 18.2. The molecule has 0 amide bonds. The number of hydrogen-bond acceptors (Lipinski definition) is 2. The molecule has 0 radical (unpaired) electrons. The van der Waals surface area contributed by atoms with Crippen molar-refractivity contribution in [3.05, 3.63) is 11.6 Å². The van der Waals surface area contributed by atoms with E-state index in [0.29, 0.717) is 23.5 Å². The van der Waals surface area contributed by atoms with Crippen molar-refractivity contribution >= 4 is 5.78 Å². The van der Waals surface area contributed by atoms with Crippen molar-refractivity contribution in [2.24, 2.45) is 39.9 Å². The predicted octanol–water partition coefficient (Wildman–Crippen LogP) is 5.15. The minimum Gasteiger partial charge on any atom is -0.393 e. The Morgan fingerprint density at radius 2 is 1.76 bits per heavy atom. The molecule has 7 atom stereocenters. The highest BCUT2D eigenvalue weighted by molar-refractivity contribution is 5.90. The first-order valence-corrected chi connectivity index (χ1v) is 10.5. The van der Waals surface area contributed by atoms with Crippen LogP contribution in [0.25, 0.3) is 0 Å². The zero-order valence-corrected chi connectivity index (χ0v) is 16.8. The highest BCUT2D eigenvalue weighted by Gasteiger charge is 2.62. The molecule has 2 heteroatoms. The van der Waals surface area contributed by atoms with Gasteiger partial charge in [-0.05, 0) is 73.5 Å². The minimum absolute atomic E-state index is 0.0848. The molecule has 0 saturated heterocycles. The van der Waals surface area contributed by atoms with Gasteiger partial charge in [0.25, 0.3) is 0 Å². The van der Waals surface area contributed by atoms with E-state index in [9.17, 15) is 9.90 Å². The lowest BCUT2D eigenvalue weighted by atomic mass is 9.48. The van der Waals surface area contributed by atoms with Crippen molar-refractivity contribution < 1.29 is 9.90 Å². The minimum atomic E-state index is -0.136. The molecule has 1 N–H and O–H groups in total. The second-order valence-electron chi connectivity index (χ2n) is 11.1. The predicted molar refractivity (Wildman–Crippen MR) is 101 cm³/mol. The molecule has 0 spiro atoms. The van der Waals surface area contributed by atoms with Crippen molar-refractivity contribution in [1.29, 1.82) is 0 Å². The Kier molecular flexibility index (Phi) is 3.87. The molecular formula is C23H36O2. The van der Waals surface area contributed by atoms with Gasteiger partial charge in [-0.1, -0.05) is 46.3 Å². The molecule has 4 aliphatic carbocycles. The van der Waals surface area contributed by atoms with E-state index < -0.39 is 0 Å². The van der Waals surface area contributed by atoms with E-state index in [1.54, 1.807) is 0 Å². The number of allylic oxidation sites excluding steroid dienone is 1. The first-order chi connectivity index (χ1) is 11.6. The molecule has 2 nitrogen and oxygen atoms in total. The van der Waals surface area contributed by atoms with Crippen molar-refractivity contribution in [1.82, 2.24) is 0 Å². The summed E-state index contributed by atoms with van der Waals surface area (Å²) < 4.78 is 0. The molecule has 4 aliphatic rings. The Hall–Kier alpha value is -0.630. The lowest BCUT2D eigenvalue weighted by molar-refractivity contribution is -0.136. The molecule has 7 unspecified atom stereocenters. The summed E-state index contributed by atoms with van der Waals surface area (Å²) in [6, 6.07) is 0. The summed E-state index contributed by atoms with van der Waals surface area (Å²) in [5.74, 6) is 2.73. The average Bonchev–Trinajstić information content (AvgIpc) is 2.80. The van der Waals surface area contributed by atoms with Gasteiger partial charge in [-0.3, -0.25) is 4.79 Å². The number of carbonyl (C=O) groups excluding carboxylic acids is 1. The van der Waals surface area contributed by atoms with E-state index >= 15 is 0 Å². The van der Waals surface area contributed by atoms with E-state index in [4.69, 9.17) is 0 Å². The van der Waals surface area contributed by atoms with E-state index in [1.807, 2.05) is 0 Å². The SMILES string of the molecule is CC(C)(C)C1CC2C3CC=C4CC(O)CCC4(C)C3CCC2(C)C1=O. The summed E-state index contributed by atoms with van der Waals surface area (Å²) in [6.07, 6.45) is 9.79. The Balaban J connectivity index is 1.68. The molecule has 0 heterocycles. The Labute approximate surface area is 153 Å². The van der Waals surface area contributed by atoms with Gasteiger partial charge in [-0.2, -0.15) is 0 Å². The first kappa shape index (κ1) is 17.8. The topological polar surface area (TPSA) is 37.3 Å². The van der Waals surface area contributed by atoms with Crippen LogP contribution in [0.4, 0.5) is 0 Å². The van der Waals surface area contributed by atoms with Gasteiger partial charge in [-0.25, -0.2) is 0 Å².